The summed E-state index contributed by atoms with van der Waals surface area (Å²) in [6, 6.07) is -0.236. The summed E-state index contributed by atoms with van der Waals surface area (Å²) in [7, 11) is 0. The molecule has 1 fully saturated rings. The minimum absolute atomic E-state index is 0.0187. The van der Waals surface area contributed by atoms with Crippen molar-refractivity contribution >= 4 is 23.7 Å². The Morgan fingerprint density at radius 1 is 1.56 bits per heavy atom. The molecular formula is C10H15N3O4S. The zero-order chi connectivity index (χ0) is 13.4. The van der Waals surface area contributed by atoms with Gasteiger partial charge in [-0.3, -0.25) is 4.79 Å². The summed E-state index contributed by atoms with van der Waals surface area (Å²) in [5.74, 6) is -1.02. The van der Waals surface area contributed by atoms with E-state index in [1.54, 1.807) is 4.90 Å². The highest BCUT2D eigenvalue weighted by molar-refractivity contribution is 8.00. The number of carboxylic acid groups (broad SMARTS) is 1. The Morgan fingerprint density at radius 3 is 2.78 bits per heavy atom. The second-order valence-corrected chi connectivity index (χ2v) is 5.32. The van der Waals surface area contributed by atoms with Gasteiger partial charge in [0.1, 0.15) is 12.3 Å². The van der Waals surface area contributed by atoms with E-state index in [-0.39, 0.29) is 23.7 Å². The smallest absolute Gasteiger partial charge is 0.352 e. The Morgan fingerprint density at radius 2 is 2.22 bits per heavy atom. The molecule has 2 aliphatic heterocycles. The van der Waals surface area contributed by atoms with Gasteiger partial charge in [-0.2, -0.15) is 0 Å². The molecule has 18 heavy (non-hydrogen) atoms. The number of nitrogens with zero attached hydrogens (tertiary/aromatic N) is 1. The van der Waals surface area contributed by atoms with Crippen molar-refractivity contribution in [1.82, 2.24) is 4.90 Å². The van der Waals surface area contributed by atoms with Crippen LogP contribution in [0.5, 0.6) is 0 Å². The van der Waals surface area contributed by atoms with Gasteiger partial charge in [0.05, 0.1) is 17.6 Å². The van der Waals surface area contributed by atoms with Gasteiger partial charge in [0.25, 0.3) is 0 Å². The lowest BCUT2D eigenvalue weighted by Crippen LogP contribution is -2.74. The number of nitrogens with two attached hydrogens (primary N) is 2. The normalized spacial score (nSPS) is 30.6. The van der Waals surface area contributed by atoms with E-state index in [1.807, 2.05) is 0 Å². The fourth-order valence-corrected chi connectivity index (χ4v) is 3.45. The number of carboxylic acids is 1. The van der Waals surface area contributed by atoms with Crippen molar-refractivity contribution in [2.75, 3.05) is 12.4 Å². The van der Waals surface area contributed by atoms with E-state index in [4.69, 9.17) is 16.2 Å². The fraction of sp³-hybridized carbons (Fsp3) is 0.600. The van der Waals surface area contributed by atoms with Crippen LogP contribution in [0.1, 0.15) is 6.92 Å². The van der Waals surface area contributed by atoms with Gasteiger partial charge in [-0.15, -0.1) is 11.8 Å². The molecule has 0 bridgehead atoms. The van der Waals surface area contributed by atoms with Gasteiger partial charge in [0.15, 0.2) is 0 Å². The van der Waals surface area contributed by atoms with E-state index in [0.717, 1.165) is 0 Å². The highest BCUT2D eigenvalue weighted by Crippen LogP contribution is 2.40. The van der Waals surface area contributed by atoms with Crippen LogP contribution in [0.2, 0.25) is 0 Å². The minimum Gasteiger partial charge on any atom is -0.477 e. The maximum Gasteiger partial charge on any atom is 0.352 e. The standard InChI is InChI=1S/C10H15N3O4S/c1-4(14)17-2-5-3-18-9-6(11)8(12)13(9)7(5)10(15)16/h6,8-9H,2-3,11-12H2,1H3,(H,15,16). The fourth-order valence-electron chi connectivity index (χ4n) is 2.07. The van der Waals surface area contributed by atoms with Crippen molar-refractivity contribution in [3.05, 3.63) is 11.3 Å². The number of ether oxygens (including phenoxy) is 1. The van der Waals surface area contributed by atoms with E-state index in [0.29, 0.717) is 11.3 Å². The van der Waals surface area contributed by atoms with Crippen LogP contribution >= 0.6 is 11.8 Å². The molecule has 0 aromatic heterocycles. The summed E-state index contributed by atoms with van der Waals surface area (Å²) in [6.07, 6.45) is -0.499. The number of rotatable bonds is 3. The van der Waals surface area contributed by atoms with Gasteiger partial charge in [0, 0.05) is 18.2 Å². The van der Waals surface area contributed by atoms with Gasteiger partial charge >= 0.3 is 11.9 Å². The van der Waals surface area contributed by atoms with E-state index in [9.17, 15) is 14.7 Å². The second-order valence-electron chi connectivity index (χ2n) is 4.21. The number of esters is 1. The summed E-state index contributed by atoms with van der Waals surface area (Å²) in [5.41, 5.74) is 12.3. The van der Waals surface area contributed by atoms with Gasteiger partial charge in [-0.1, -0.05) is 0 Å². The zero-order valence-electron chi connectivity index (χ0n) is 9.83. The first-order valence-electron chi connectivity index (χ1n) is 5.43. The Balaban J connectivity index is 2.23. The first-order chi connectivity index (χ1) is 8.43. The van der Waals surface area contributed by atoms with E-state index >= 15 is 0 Å². The topological polar surface area (TPSA) is 119 Å². The molecular weight excluding hydrogens is 258 g/mol. The van der Waals surface area contributed by atoms with Crippen LogP contribution in [0.3, 0.4) is 0 Å². The van der Waals surface area contributed by atoms with Crippen molar-refractivity contribution in [1.29, 1.82) is 0 Å². The Labute approximate surface area is 108 Å². The molecule has 0 aliphatic carbocycles. The Bertz CT molecular complexity index is 425. The summed E-state index contributed by atoms with van der Waals surface area (Å²) < 4.78 is 4.86. The maximum atomic E-state index is 11.3. The number of hydrogen-bond acceptors (Lipinski definition) is 7. The third-order valence-electron chi connectivity index (χ3n) is 2.99. The summed E-state index contributed by atoms with van der Waals surface area (Å²) in [4.78, 5) is 23.7. The van der Waals surface area contributed by atoms with Gasteiger partial charge < -0.3 is 26.2 Å². The molecule has 2 rings (SSSR count). The highest BCUT2D eigenvalue weighted by atomic mass is 32.2. The molecule has 0 spiro atoms. The Kier molecular flexibility index (Phi) is 3.51. The first-order valence-corrected chi connectivity index (χ1v) is 6.48. The van der Waals surface area contributed by atoms with Crippen LogP contribution in [-0.4, -0.2) is 51.9 Å². The molecule has 0 aromatic rings. The van der Waals surface area contributed by atoms with Crippen molar-refractivity contribution in [3.8, 4) is 0 Å². The van der Waals surface area contributed by atoms with Gasteiger partial charge in [-0.05, 0) is 0 Å². The molecule has 0 aromatic carbocycles. The molecule has 100 valence electrons. The predicted molar refractivity (Wildman–Crippen MR) is 65.3 cm³/mol. The van der Waals surface area contributed by atoms with Crippen LogP contribution in [0.15, 0.2) is 11.3 Å². The third kappa shape index (κ3) is 2.06. The van der Waals surface area contributed by atoms with E-state index < -0.39 is 18.1 Å². The lowest BCUT2D eigenvalue weighted by Gasteiger charge is -2.55. The number of carbonyl (C=O) groups is 2. The minimum atomic E-state index is -1.06. The number of fused-ring (bicyclic) bond motifs is 1. The molecule has 8 heteroatoms. The average molecular weight is 273 g/mol. The van der Waals surface area contributed by atoms with Crippen LogP contribution < -0.4 is 11.5 Å². The van der Waals surface area contributed by atoms with Crippen molar-refractivity contribution in [2.45, 2.75) is 24.5 Å². The molecule has 1 saturated heterocycles. The van der Waals surface area contributed by atoms with Crippen LogP contribution in [0.4, 0.5) is 0 Å². The highest BCUT2D eigenvalue weighted by Gasteiger charge is 2.50. The van der Waals surface area contributed by atoms with Crippen LogP contribution in [0.25, 0.3) is 0 Å². The van der Waals surface area contributed by atoms with E-state index in [1.165, 1.54) is 18.7 Å². The largest absolute Gasteiger partial charge is 0.477 e. The zero-order valence-corrected chi connectivity index (χ0v) is 10.6. The van der Waals surface area contributed by atoms with Crippen molar-refractivity contribution in [3.63, 3.8) is 0 Å². The van der Waals surface area contributed by atoms with Crippen molar-refractivity contribution < 1.29 is 19.4 Å². The maximum absolute atomic E-state index is 11.3. The van der Waals surface area contributed by atoms with Crippen molar-refractivity contribution in [2.24, 2.45) is 11.5 Å². The first kappa shape index (κ1) is 13.2. The van der Waals surface area contributed by atoms with Gasteiger partial charge in [0.2, 0.25) is 0 Å². The molecule has 0 saturated carbocycles. The lowest BCUT2D eigenvalue weighted by atomic mass is 10.0. The molecule has 7 nitrogen and oxygen atoms in total. The Hall–Kier alpha value is -1.25. The molecule has 2 aliphatic rings. The third-order valence-corrected chi connectivity index (χ3v) is 4.39. The SMILES string of the molecule is CC(=O)OCC1=C(C(=O)O)N2C(N)C(N)C2SC1. The summed E-state index contributed by atoms with van der Waals surface area (Å²) in [6.45, 7) is 1.26. The number of hydrogen-bond donors (Lipinski definition) is 3. The quantitative estimate of drug-likeness (QED) is 0.554. The molecule has 0 amide bonds. The summed E-state index contributed by atoms with van der Waals surface area (Å²) >= 11 is 1.51. The molecule has 0 radical (unpaired) electrons. The monoisotopic (exact) mass is 273 g/mol. The van der Waals surface area contributed by atoms with Crippen LogP contribution in [-0.2, 0) is 14.3 Å². The molecule has 3 atom stereocenters. The second kappa shape index (κ2) is 4.79. The summed E-state index contributed by atoms with van der Waals surface area (Å²) in [5, 5.41) is 9.15. The molecule has 2 heterocycles. The average Bonchev–Trinajstić information content (AvgIpc) is 2.33. The number of aliphatic carboxylic acids is 1. The van der Waals surface area contributed by atoms with Gasteiger partial charge in [-0.25, -0.2) is 4.79 Å². The van der Waals surface area contributed by atoms with E-state index in [2.05, 4.69) is 0 Å². The lowest BCUT2D eigenvalue weighted by molar-refractivity contribution is -0.141. The number of thioether (sulfide) groups is 1. The predicted octanol–water partition coefficient (Wildman–Crippen LogP) is -1.11. The number of carbonyl (C=O) groups excluding carboxylic acids is 1. The van der Waals surface area contributed by atoms with Crippen LogP contribution in [0, 0.1) is 0 Å². The molecule has 3 unspecified atom stereocenters. The molecule has 5 N–H and O–H groups in total.